The second-order valence-corrected chi connectivity index (χ2v) is 5.27. The monoisotopic (exact) mass is 358 g/mol. The number of alkyl halides is 6. The second-order valence-electron chi connectivity index (χ2n) is 5.27. The molecule has 1 unspecified atom stereocenters. The molecule has 2 nitrogen and oxygen atoms in total. The highest BCUT2D eigenvalue weighted by molar-refractivity contribution is 5.32. The first-order chi connectivity index (χ1) is 11.0. The van der Waals surface area contributed by atoms with Crippen LogP contribution >= 0.6 is 0 Å². The molecule has 0 spiro atoms. The van der Waals surface area contributed by atoms with Gasteiger partial charge in [0.15, 0.2) is 6.29 Å². The molecule has 0 saturated heterocycles. The lowest BCUT2D eigenvalue weighted by Crippen LogP contribution is -2.57. The van der Waals surface area contributed by atoms with Gasteiger partial charge in [0, 0.05) is 12.2 Å². The van der Waals surface area contributed by atoms with Crippen LogP contribution in [-0.2, 0) is 21.5 Å². The molecule has 1 rings (SSSR count). The Bertz CT molecular complexity index is 510. The van der Waals surface area contributed by atoms with E-state index in [1.54, 1.807) is 6.92 Å². The fourth-order valence-corrected chi connectivity index (χ4v) is 2.44. The summed E-state index contributed by atoms with van der Waals surface area (Å²) < 4.78 is 90.7. The Hall–Kier alpha value is -1.28. The average Bonchev–Trinajstić information content (AvgIpc) is 2.43. The SMILES string of the molecule is CCCc1cccc(C(OC(C)OCC)(C(F)(F)F)C(F)(F)F)c1. The van der Waals surface area contributed by atoms with Crippen LogP contribution in [-0.4, -0.2) is 25.2 Å². The van der Waals surface area contributed by atoms with Crippen LogP contribution in [0.25, 0.3) is 0 Å². The molecule has 0 aliphatic rings. The van der Waals surface area contributed by atoms with Crippen LogP contribution in [0.15, 0.2) is 24.3 Å². The van der Waals surface area contributed by atoms with E-state index in [9.17, 15) is 26.3 Å². The van der Waals surface area contributed by atoms with Crippen molar-refractivity contribution >= 4 is 0 Å². The molecule has 24 heavy (non-hydrogen) atoms. The topological polar surface area (TPSA) is 18.5 Å². The van der Waals surface area contributed by atoms with Crippen LogP contribution in [0.1, 0.15) is 38.3 Å². The number of benzene rings is 1. The molecule has 0 heterocycles. The molecule has 1 atom stereocenters. The molecule has 0 radical (unpaired) electrons. The zero-order valence-corrected chi connectivity index (χ0v) is 13.6. The molecule has 0 N–H and O–H groups in total. The van der Waals surface area contributed by atoms with Crippen molar-refractivity contribution in [3.8, 4) is 0 Å². The molecule has 0 bridgehead atoms. The zero-order valence-electron chi connectivity index (χ0n) is 13.6. The predicted molar refractivity (Wildman–Crippen MR) is 76.4 cm³/mol. The largest absolute Gasteiger partial charge is 0.430 e. The molecular weight excluding hydrogens is 338 g/mol. The first-order valence-corrected chi connectivity index (χ1v) is 7.51. The molecule has 0 aliphatic carbocycles. The van der Waals surface area contributed by atoms with Gasteiger partial charge in [-0.1, -0.05) is 37.6 Å². The van der Waals surface area contributed by atoms with Crippen molar-refractivity contribution in [1.82, 2.24) is 0 Å². The van der Waals surface area contributed by atoms with E-state index in [0.717, 1.165) is 19.1 Å². The third-order valence-electron chi connectivity index (χ3n) is 3.41. The summed E-state index contributed by atoms with van der Waals surface area (Å²) in [7, 11) is 0. The number of hydrogen-bond donors (Lipinski definition) is 0. The standard InChI is InChI=1S/C16H20F6O2/c1-4-7-12-8-6-9-13(10-12)14(15(17,18)19,16(20,21)22)24-11(3)23-5-2/h6,8-11H,4-5,7H2,1-3H3. The summed E-state index contributed by atoms with van der Waals surface area (Å²) in [5, 5.41) is 0. The molecule has 1 aromatic carbocycles. The minimum Gasteiger partial charge on any atom is -0.353 e. The van der Waals surface area contributed by atoms with Gasteiger partial charge in [0.25, 0.3) is 5.60 Å². The van der Waals surface area contributed by atoms with Crippen LogP contribution in [0, 0.1) is 0 Å². The van der Waals surface area contributed by atoms with Crippen LogP contribution in [0.2, 0.25) is 0 Å². The Morgan fingerprint density at radius 2 is 1.58 bits per heavy atom. The maximum Gasteiger partial charge on any atom is 0.430 e. The van der Waals surface area contributed by atoms with Crippen molar-refractivity contribution < 1.29 is 35.8 Å². The van der Waals surface area contributed by atoms with Crippen molar-refractivity contribution in [3.63, 3.8) is 0 Å². The lowest BCUT2D eigenvalue weighted by molar-refractivity contribution is -0.415. The molecule has 0 aromatic heterocycles. The highest BCUT2D eigenvalue weighted by Crippen LogP contribution is 2.53. The van der Waals surface area contributed by atoms with E-state index in [1.807, 2.05) is 0 Å². The normalized spacial score (nSPS) is 14.7. The Labute approximate surface area is 136 Å². The van der Waals surface area contributed by atoms with E-state index in [-0.39, 0.29) is 6.61 Å². The maximum absolute atomic E-state index is 13.6. The number of rotatable bonds is 7. The van der Waals surface area contributed by atoms with Gasteiger partial charge in [0.1, 0.15) is 0 Å². The van der Waals surface area contributed by atoms with E-state index in [1.165, 1.54) is 19.1 Å². The van der Waals surface area contributed by atoms with Gasteiger partial charge in [-0.05, 0) is 25.8 Å². The minimum atomic E-state index is -5.71. The first kappa shape index (κ1) is 20.8. The van der Waals surface area contributed by atoms with E-state index in [0.29, 0.717) is 18.4 Å². The van der Waals surface area contributed by atoms with Crippen molar-refractivity contribution in [3.05, 3.63) is 35.4 Å². The average molecular weight is 358 g/mol. The minimum absolute atomic E-state index is 0.0805. The van der Waals surface area contributed by atoms with Crippen molar-refractivity contribution in [2.75, 3.05) is 6.61 Å². The molecule has 8 heteroatoms. The van der Waals surface area contributed by atoms with E-state index < -0.39 is 29.8 Å². The number of hydrogen-bond acceptors (Lipinski definition) is 2. The lowest BCUT2D eigenvalue weighted by atomic mass is 9.90. The van der Waals surface area contributed by atoms with Gasteiger partial charge in [-0.15, -0.1) is 0 Å². The summed E-state index contributed by atoms with van der Waals surface area (Å²) in [5.74, 6) is 0. The molecule has 0 aliphatic heterocycles. The van der Waals surface area contributed by atoms with Crippen LogP contribution < -0.4 is 0 Å². The van der Waals surface area contributed by atoms with E-state index >= 15 is 0 Å². The van der Waals surface area contributed by atoms with E-state index in [2.05, 4.69) is 4.74 Å². The third kappa shape index (κ3) is 4.22. The number of ether oxygens (including phenoxy) is 2. The van der Waals surface area contributed by atoms with Gasteiger partial charge >= 0.3 is 12.4 Å². The molecule has 0 saturated carbocycles. The summed E-state index contributed by atoms with van der Waals surface area (Å²) in [4.78, 5) is 0. The first-order valence-electron chi connectivity index (χ1n) is 7.51. The van der Waals surface area contributed by atoms with Gasteiger partial charge in [-0.25, -0.2) is 0 Å². The van der Waals surface area contributed by atoms with Crippen LogP contribution in [0.4, 0.5) is 26.3 Å². The van der Waals surface area contributed by atoms with Crippen molar-refractivity contribution in [2.24, 2.45) is 0 Å². The zero-order chi connectivity index (χ0) is 18.6. The summed E-state index contributed by atoms with van der Waals surface area (Å²) in [5.41, 5.74) is -5.07. The van der Waals surface area contributed by atoms with E-state index in [4.69, 9.17) is 4.74 Å². The van der Waals surface area contributed by atoms with Crippen LogP contribution in [0.5, 0.6) is 0 Å². The number of halogens is 6. The van der Waals surface area contributed by atoms with Gasteiger partial charge in [-0.2, -0.15) is 26.3 Å². The number of aryl methyl sites for hydroxylation is 1. The van der Waals surface area contributed by atoms with Gasteiger partial charge in [0.05, 0.1) is 0 Å². The van der Waals surface area contributed by atoms with Gasteiger partial charge < -0.3 is 9.47 Å². The second kappa shape index (κ2) is 7.74. The van der Waals surface area contributed by atoms with Crippen LogP contribution in [0.3, 0.4) is 0 Å². The van der Waals surface area contributed by atoms with Crippen molar-refractivity contribution in [2.45, 2.75) is 57.9 Å². The predicted octanol–water partition coefficient (Wildman–Crippen LogP) is 5.36. The summed E-state index contributed by atoms with van der Waals surface area (Å²) in [6.45, 7) is 4.15. The Morgan fingerprint density at radius 3 is 2.04 bits per heavy atom. The summed E-state index contributed by atoms with van der Waals surface area (Å²) >= 11 is 0. The molecule has 0 amide bonds. The molecule has 1 aromatic rings. The Morgan fingerprint density at radius 1 is 1.00 bits per heavy atom. The van der Waals surface area contributed by atoms with Gasteiger partial charge in [-0.3, -0.25) is 0 Å². The molecule has 0 fully saturated rings. The fraction of sp³-hybridized carbons (Fsp3) is 0.625. The highest BCUT2D eigenvalue weighted by atomic mass is 19.4. The fourth-order valence-electron chi connectivity index (χ4n) is 2.44. The Balaban J connectivity index is 3.54. The van der Waals surface area contributed by atoms with Crippen molar-refractivity contribution in [1.29, 1.82) is 0 Å². The highest BCUT2D eigenvalue weighted by Gasteiger charge is 2.74. The van der Waals surface area contributed by atoms with Gasteiger partial charge in [0.2, 0.25) is 0 Å². The molecule has 138 valence electrons. The lowest BCUT2D eigenvalue weighted by Gasteiger charge is -2.39. The summed E-state index contributed by atoms with van der Waals surface area (Å²) in [6.07, 6.45) is -12.2. The third-order valence-corrected chi connectivity index (χ3v) is 3.41. The smallest absolute Gasteiger partial charge is 0.353 e. The maximum atomic E-state index is 13.6. The molecular formula is C16H20F6O2. The Kier molecular flexibility index (Phi) is 6.69. The summed E-state index contributed by atoms with van der Waals surface area (Å²) in [6, 6.07) is 4.32. The quantitative estimate of drug-likeness (QED) is 0.483.